The van der Waals surface area contributed by atoms with Crippen molar-refractivity contribution in [1.82, 2.24) is 15.1 Å². The zero-order valence-corrected chi connectivity index (χ0v) is 16.6. The molecule has 1 aromatic carbocycles. The van der Waals surface area contributed by atoms with Crippen molar-refractivity contribution in [3.05, 3.63) is 41.8 Å². The Labute approximate surface area is 167 Å². The topological polar surface area (TPSA) is 80.2 Å². The summed E-state index contributed by atoms with van der Waals surface area (Å²) in [5.74, 6) is 0.485. The molecule has 2 aromatic rings. The van der Waals surface area contributed by atoms with Crippen molar-refractivity contribution in [1.29, 1.82) is 0 Å². The molecular formula is C18H29Cl2N5O. The van der Waals surface area contributed by atoms with E-state index in [1.807, 2.05) is 18.2 Å². The third-order valence-electron chi connectivity index (χ3n) is 4.43. The van der Waals surface area contributed by atoms with Gasteiger partial charge in [0.05, 0.1) is 6.04 Å². The SMILES string of the molecule is Cl.Cl.N[C@H](Cc1ccccc1)c1nnc(NCCCCN2CCCC2)o1. The normalized spacial score (nSPS) is 15.1. The van der Waals surface area contributed by atoms with E-state index in [4.69, 9.17) is 10.2 Å². The van der Waals surface area contributed by atoms with Gasteiger partial charge in [-0.1, -0.05) is 35.4 Å². The summed E-state index contributed by atoms with van der Waals surface area (Å²) < 4.78 is 5.63. The van der Waals surface area contributed by atoms with E-state index in [2.05, 4.69) is 32.5 Å². The van der Waals surface area contributed by atoms with E-state index in [0.29, 0.717) is 18.3 Å². The molecule has 1 atom stereocenters. The summed E-state index contributed by atoms with van der Waals surface area (Å²) in [4.78, 5) is 2.54. The fourth-order valence-electron chi connectivity index (χ4n) is 3.07. The smallest absolute Gasteiger partial charge is 0.315 e. The average molecular weight is 402 g/mol. The van der Waals surface area contributed by atoms with Crippen LogP contribution in [0.5, 0.6) is 0 Å². The maximum atomic E-state index is 6.16. The highest BCUT2D eigenvalue weighted by atomic mass is 35.5. The third-order valence-corrected chi connectivity index (χ3v) is 4.43. The summed E-state index contributed by atoms with van der Waals surface area (Å²) in [5, 5.41) is 11.3. The molecule has 1 fully saturated rings. The largest absolute Gasteiger partial charge is 0.406 e. The van der Waals surface area contributed by atoms with Gasteiger partial charge in [-0.3, -0.25) is 0 Å². The monoisotopic (exact) mass is 401 g/mol. The maximum Gasteiger partial charge on any atom is 0.315 e. The highest BCUT2D eigenvalue weighted by molar-refractivity contribution is 5.85. The fourth-order valence-corrected chi connectivity index (χ4v) is 3.07. The van der Waals surface area contributed by atoms with Crippen LogP contribution in [0.4, 0.5) is 6.01 Å². The quantitative estimate of drug-likeness (QED) is 0.626. The first-order valence-corrected chi connectivity index (χ1v) is 8.90. The number of rotatable bonds is 9. The van der Waals surface area contributed by atoms with Gasteiger partial charge in [0.1, 0.15) is 0 Å². The Bertz CT molecular complexity index is 605. The number of hydrogen-bond acceptors (Lipinski definition) is 6. The lowest BCUT2D eigenvalue weighted by atomic mass is 10.1. The molecule has 1 aliphatic rings. The van der Waals surface area contributed by atoms with Crippen molar-refractivity contribution in [2.24, 2.45) is 5.73 Å². The Kier molecular flexibility index (Phi) is 10.6. The Hall–Kier alpha value is -1.34. The van der Waals surface area contributed by atoms with Crippen LogP contribution < -0.4 is 11.1 Å². The van der Waals surface area contributed by atoms with Crippen LogP contribution in [0.3, 0.4) is 0 Å². The van der Waals surface area contributed by atoms with E-state index in [0.717, 1.165) is 13.0 Å². The van der Waals surface area contributed by atoms with Gasteiger partial charge in [0.15, 0.2) is 0 Å². The molecule has 6 nitrogen and oxygen atoms in total. The number of aromatic nitrogens is 2. The molecule has 0 spiro atoms. The zero-order valence-electron chi connectivity index (χ0n) is 15.0. The van der Waals surface area contributed by atoms with Crippen LogP contribution in [0.2, 0.25) is 0 Å². The molecule has 1 saturated heterocycles. The standard InChI is InChI=1S/C18H27N5O.2ClH/c19-16(14-15-8-2-1-3-9-15)17-21-22-18(24-17)20-10-4-5-11-23-12-6-7-13-23;;/h1-3,8-9,16H,4-7,10-14,19H2,(H,20,22);2*1H/t16-;;/m1../s1. The Morgan fingerprint density at radius 2 is 1.81 bits per heavy atom. The van der Waals surface area contributed by atoms with E-state index in [9.17, 15) is 0 Å². The first-order chi connectivity index (χ1) is 11.8. The maximum absolute atomic E-state index is 6.16. The van der Waals surface area contributed by atoms with Crippen molar-refractivity contribution < 1.29 is 4.42 Å². The van der Waals surface area contributed by atoms with Gasteiger partial charge in [-0.05, 0) is 57.3 Å². The molecule has 0 amide bonds. The lowest BCUT2D eigenvalue weighted by Gasteiger charge is -2.13. The minimum absolute atomic E-state index is 0. The average Bonchev–Trinajstić information content (AvgIpc) is 3.27. The summed E-state index contributed by atoms with van der Waals surface area (Å²) in [6, 6.07) is 10.3. The van der Waals surface area contributed by atoms with Crippen LogP contribution in [0.25, 0.3) is 0 Å². The molecule has 26 heavy (non-hydrogen) atoms. The molecule has 2 heterocycles. The van der Waals surface area contributed by atoms with E-state index < -0.39 is 0 Å². The second-order valence-corrected chi connectivity index (χ2v) is 6.42. The lowest BCUT2D eigenvalue weighted by molar-refractivity contribution is 0.331. The summed E-state index contributed by atoms with van der Waals surface area (Å²) in [5.41, 5.74) is 7.32. The van der Waals surface area contributed by atoms with Crippen LogP contribution in [0.15, 0.2) is 34.7 Å². The molecule has 8 heteroatoms. The van der Waals surface area contributed by atoms with Crippen molar-refractivity contribution >= 4 is 30.8 Å². The molecule has 0 aliphatic carbocycles. The second kappa shape index (κ2) is 12.1. The summed E-state index contributed by atoms with van der Waals surface area (Å²) in [6.07, 6.45) is 5.70. The number of anilines is 1. The van der Waals surface area contributed by atoms with Crippen molar-refractivity contribution in [2.45, 2.75) is 38.1 Å². The molecule has 0 saturated carbocycles. The zero-order chi connectivity index (χ0) is 16.6. The van der Waals surface area contributed by atoms with Gasteiger partial charge in [-0.2, -0.15) is 0 Å². The van der Waals surface area contributed by atoms with Crippen molar-refractivity contribution in [2.75, 3.05) is 31.5 Å². The summed E-state index contributed by atoms with van der Waals surface area (Å²) in [6.45, 7) is 4.57. The Morgan fingerprint density at radius 3 is 2.54 bits per heavy atom. The molecule has 0 bridgehead atoms. The molecule has 1 aliphatic heterocycles. The van der Waals surface area contributed by atoms with Crippen molar-refractivity contribution in [3.8, 4) is 0 Å². The number of nitrogens with one attached hydrogen (secondary N) is 1. The van der Waals surface area contributed by atoms with Crippen LogP contribution >= 0.6 is 24.8 Å². The lowest BCUT2D eigenvalue weighted by Crippen LogP contribution is -2.20. The van der Waals surface area contributed by atoms with Gasteiger partial charge < -0.3 is 20.4 Å². The van der Waals surface area contributed by atoms with Gasteiger partial charge >= 0.3 is 6.01 Å². The number of hydrogen-bond donors (Lipinski definition) is 2. The number of likely N-dealkylation sites (tertiary alicyclic amines) is 1. The highest BCUT2D eigenvalue weighted by Crippen LogP contribution is 2.17. The fraction of sp³-hybridized carbons (Fsp3) is 0.556. The number of unbranched alkanes of at least 4 members (excludes halogenated alkanes) is 1. The molecule has 0 radical (unpaired) electrons. The number of halogens is 2. The van der Waals surface area contributed by atoms with Crippen molar-refractivity contribution in [3.63, 3.8) is 0 Å². The summed E-state index contributed by atoms with van der Waals surface area (Å²) >= 11 is 0. The number of nitrogens with two attached hydrogens (primary N) is 1. The van der Waals surface area contributed by atoms with Crippen LogP contribution in [0.1, 0.15) is 43.2 Å². The molecular weight excluding hydrogens is 373 g/mol. The van der Waals surface area contributed by atoms with E-state index >= 15 is 0 Å². The van der Waals surface area contributed by atoms with E-state index in [1.165, 1.54) is 44.5 Å². The Balaban J connectivity index is 0.00000169. The van der Waals surface area contributed by atoms with Crippen LogP contribution in [0, 0.1) is 0 Å². The first kappa shape index (κ1) is 22.7. The second-order valence-electron chi connectivity index (χ2n) is 6.42. The highest BCUT2D eigenvalue weighted by Gasteiger charge is 2.15. The van der Waals surface area contributed by atoms with Gasteiger partial charge in [0.25, 0.3) is 0 Å². The summed E-state index contributed by atoms with van der Waals surface area (Å²) in [7, 11) is 0. The van der Waals surface area contributed by atoms with Gasteiger partial charge in [0, 0.05) is 6.54 Å². The molecule has 1 aromatic heterocycles. The first-order valence-electron chi connectivity index (χ1n) is 8.90. The van der Waals surface area contributed by atoms with Crippen LogP contribution in [-0.2, 0) is 6.42 Å². The minimum atomic E-state index is -0.273. The van der Waals surface area contributed by atoms with Gasteiger partial charge in [0.2, 0.25) is 5.89 Å². The molecule has 0 unspecified atom stereocenters. The Morgan fingerprint density at radius 1 is 1.08 bits per heavy atom. The van der Waals surface area contributed by atoms with Gasteiger partial charge in [-0.15, -0.1) is 29.9 Å². The molecule has 146 valence electrons. The molecule has 3 rings (SSSR count). The van der Waals surface area contributed by atoms with E-state index in [-0.39, 0.29) is 30.9 Å². The third kappa shape index (κ3) is 7.11. The number of benzene rings is 1. The van der Waals surface area contributed by atoms with E-state index in [1.54, 1.807) is 0 Å². The van der Waals surface area contributed by atoms with Crippen LogP contribution in [-0.4, -0.2) is 41.3 Å². The minimum Gasteiger partial charge on any atom is -0.406 e. The predicted octanol–water partition coefficient (Wildman–Crippen LogP) is 3.44. The van der Waals surface area contributed by atoms with Gasteiger partial charge in [-0.25, -0.2) is 0 Å². The predicted molar refractivity (Wildman–Crippen MR) is 109 cm³/mol. The molecule has 3 N–H and O–H groups in total. The number of nitrogens with zero attached hydrogens (tertiary/aromatic N) is 3.